The van der Waals surface area contributed by atoms with Crippen molar-refractivity contribution in [2.45, 2.75) is 12.2 Å². The molecule has 0 aliphatic carbocycles. The van der Waals surface area contributed by atoms with E-state index in [1.54, 1.807) is 42.5 Å². The van der Waals surface area contributed by atoms with Crippen molar-refractivity contribution in [3.63, 3.8) is 0 Å². The largest absolute Gasteiger partial charge is 0.493 e. The third-order valence-electron chi connectivity index (χ3n) is 5.15. The Balaban J connectivity index is 1.62. The van der Waals surface area contributed by atoms with Crippen LogP contribution in [0.5, 0.6) is 23.0 Å². The summed E-state index contributed by atoms with van der Waals surface area (Å²) in [6.45, 7) is 0.0878. The van der Waals surface area contributed by atoms with E-state index in [0.717, 1.165) is 0 Å². The van der Waals surface area contributed by atoms with Crippen molar-refractivity contribution in [2.75, 3.05) is 26.3 Å². The SMILES string of the molecule is COc1ccc(C2=CC(c3ccc4c(c3)OCO4)n3nc(C(F)(F)F)nc3N2)cc1OC. The number of nitrogens with one attached hydrogen (secondary N) is 1. The van der Waals surface area contributed by atoms with Gasteiger partial charge < -0.3 is 24.3 Å². The third-order valence-corrected chi connectivity index (χ3v) is 5.15. The minimum absolute atomic E-state index is 0.0349. The first-order valence-electron chi connectivity index (χ1n) is 9.52. The highest BCUT2D eigenvalue weighted by Gasteiger charge is 2.39. The third kappa shape index (κ3) is 3.35. The molecule has 2 aliphatic rings. The molecular weight excluding hydrogens is 429 g/mol. The Labute approximate surface area is 180 Å². The summed E-state index contributed by atoms with van der Waals surface area (Å²) in [7, 11) is 3.03. The molecule has 1 atom stereocenters. The van der Waals surface area contributed by atoms with Gasteiger partial charge in [-0.3, -0.25) is 0 Å². The van der Waals surface area contributed by atoms with Crippen molar-refractivity contribution in [2.24, 2.45) is 0 Å². The van der Waals surface area contributed by atoms with E-state index in [9.17, 15) is 13.2 Å². The number of fused-ring (bicyclic) bond motifs is 2. The predicted molar refractivity (Wildman–Crippen MR) is 107 cm³/mol. The minimum Gasteiger partial charge on any atom is -0.493 e. The second-order valence-electron chi connectivity index (χ2n) is 7.03. The summed E-state index contributed by atoms with van der Waals surface area (Å²) in [4.78, 5) is 3.69. The molecule has 0 saturated heterocycles. The van der Waals surface area contributed by atoms with Crippen LogP contribution in [0.15, 0.2) is 42.5 Å². The van der Waals surface area contributed by atoms with Crippen molar-refractivity contribution in [3.8, 4) is 23.0 Å². The number of alkyl halides is 3. The van der Waals surface area contributed by atoms with Gasteiger partial charge in [-0.15, -0.1) is 5.10 Å². The zero-order valence-electron chi connectivity index (χ0n) is 16.9. The van der Waals surface area contributed by atoms with Crippen molar-refractivity contribution < 1.29 is 32.1 Å². The number of halogens is 3. The molecule has 0 radical (unpaired) electrons. The lowest BCUT2D eigenvalue weighted by Crippen LogP contribution is -2.20. The molecule has 8 nitrogen and oxygen atoms in total. The number of rotatable bonds is 4. The van der Waals surface area contributed by atoms with Gasteiger partial charge in [-0.05, 0) is 42.0 Å². The topological polar surface area (TPSA) is 79.7 Å². The van der Waals surface area contributed by atoms with Crippen LogP contribution in [0.3, 0.4) is 0 Å². The fourth-order valence-electron chi connectivity index (χ4n) is 3.62. The first kappa shape index (κ1) is 20.0. The number of hydrogen-bond donors (Lipinski definition) is 1. The van der Waals surface area contributed by atoms with Crippen molar-refractivity contribution >= 4 is 11.6 Å². The number of nitrogens with zero attached hydrogens (tertiary/aromatic N) is 3. The Morgan fingerprint density at radius 1 is 1.03 bits per heavy atom. The van der Waals surface area contributed by atoms with Gasteiger partial charge in [-0.25, -0.2) is 4.68 Å². The predicted octanol–water partition coefficient (Wildman–Crippen LogP) is 4.10. The van der Waals surface area contributed by atoms with Gasteiger partial charge in [-0.2, -0.15) is 18.2 Å². The number of ether oxygens (including phenoxy) is 4. The number of anilines is 1. The molecule has 1 aromatic heterocycles. The summed E-state index contributed by atoms with van der Waals surface area (Å²) in [6, 6.07) is 9.73. The monoisotopic (exact) mass is 446 g/mol. The molecule has 5 rings (SSSR count). The van der Waals surface area contributed by atoms with Crippen LogP contribution in [0.4, 0.5) is 19.1 Å². The lowest BCUT2D eigenvalue weighted by Gasteiger charge is -2.25. The van der Waals surface area contributed by atoms with Gasteiger partial charge >= 0.3 is 6.18 Å². The molecule has 1 N–H and O–H groups in total. The van der Waals surface area contributed by atoms with Crippen molar-refractivity contribution in [1.82, 2.24) is 14.8 Å². The number of methoxy groups -OCH3 is 2. The van der Waals surface area contributed by atoms with Gasteiger partial charge in [0.15, 0.2) is 23.0 Å². The molecule has 0 bridgehead atoms. The van der Waals surface area contributed by atoms with Gasteiger partial charge in [0, 0.05) is 11.3 Å². The molecule has 0 fully saturated rings. The Bertz CT molecular complexity index is 1220. The Morgan fingerprint density at radius 2 is 1.81 bits per heavy atom. The van der Waals surface area contributed by atoms with Gasteiger partial charge in [0.05, 0.1) is 14.2 Å². The maximum absolute atomic E-state index is 13.3. The summed E-state index contributed by atoms with van der Waals surface area (Å²) in [6.07, 6.45) is -2.92. The van der Waals surface area contributed by atoms with Crippen LogP contribution in [-0.4, -0.2) is 35.8 Å². The van der Waals surface area contributed by atoms with Crippen LogP contribution in [0.1, 0.15) is 23.0 Å². The average Bonchev–Trinajstić information content (AvgIpc) is 3.44. The zero-order valence-corrected chi connectivity index (χ0v) is 16.9. The minimum atomic E-state index is -4.69. The molecule has 11 heteroatoms. The normalized spacial score (nSPS) is 16.8. The van der Waals surface area contributed by atoms with Gasteiger partial charge in [-0.1, -0.05) is 6.07 Å². The highest BCUT2D eigenvalue weighted by atomic mass is 19.4. The zero-order chi connectivity index (χ0) is 22.5. The van der Waals surface area contributed by atoms with E-state index in [0.29, 0.717) is 39.8 Å². The summed E-state index contributed by atoms with van der Waals surface area (Å²) in [5.74, 6) is 0.833. The van der Waals surface area contributed by atoms with E-state index in [1.165, 1.54) is 18.9 Å². The second-order valence-corrected chi connectivity index (χ2v) is 7.03. The average molecular weight is 446 g/mol. The standard InChI is InChI=1S/C21H17F3N4O4/c1-29-15-5-3-11(7-17(15)30-2)13-9-14(12-4-6-16-18(8-12)32-10-31-16)28-20(25-13)26-19(27-28)21(22,23)24/h3-9,14H,10H2,1-2H3,(H,25,26,27). The lowest BCUT2D eigenvalue weighted by molar-refractivity contribution is -0.145. The maximum atomic E-state index is 13.3. The first-order chi connectivity index (χ1) is 15.4. The summed E-state index contributed by atoms with van der Waals surface area (Å²) < 4.78 is 62.6. The van der Waals surface area contributed by atoms with E-state index < -0.39 is 18.0 Å². The number of hydrogen-bond acceptors (Lipinski definition) is 7. The first-order valence-corrected chi connectivity index (χ1v) is 9.52. The molecule has 32 heavy (non-hydrogen) atoms. The molecule has 166 valence electrons. The fraction of sp³-hybridized carbons (Fsp3) is 0.238. The Kier molecular flexibility index (Phi) is 4.61. The van der Waals surface area contributed by atoms with Crippen molar-refractivity contribution in [1.29, 1.82) is 0 Å². The van der Waals surface area contributed by atoms with Crippen LogP contribution in [0.25, 0.3) is 5.70 Å². The van der Waals surface area contributed by atoms with E-state index in [4.69, 9.17) is 18.9 Å². The molecule has 2 aromatic carbocycles. The van der Waals surface area contributed by atoms with Gasteiger partial charge in [0.1, 0.15) is 6.04 Å². The molecule has 2 aliphatic heterocycles. The molecule has 0 amide bonds. The van der Waals surface area contributed by atoms with Crippen molar-refractivity contribution in [3.05, 3.63) is 59.4 Å². The highest BCUT2D eigenvalue weighted by Crippen LogP contribution is 2.40. The second kappa shape index (κ2) is 7.36. The highest BCUT2D eigenvalue weighted by molar-refractivity contribution is 5.78. The smallest absolute Gasteiger partial charge is 0.453 e. The molecule has 1 unspecified atom stereocenters. The van der Waals surface area contributed by atoms with E-state index in [-0.39, 0.29) is 12.7 Å². The van der Waals surface area contributed by atoms with Crippen LogP contribution < -0.4 is 24.3 Å². The van der Waals surface area contributed by atoms with Gasteiger partial charge in [0.25, 0.3) is 5.82 Å². The summed E-state index contributed by atoms with van der Waals surface area (Å²) in [5, 5.41) is 6.66. The lowest BCUT2D eigenvalue weighted by atomic mass is 10.0. The number of benzene rings is 2. The molecule has 0 spiro atoms. The molecule has 3 heterocycles. The van der Waals surface area contributed by atoms with Crippen LogP contribution in [-0.2, 0) is 6.18 Å². The van der Waals surface area contributed by atoms with E-state index >= 15 is 0 Å². The van der Waals surface area contributed by atoms with Crippen LogP contribution in [0, 0.1) is 0 Å². The van der Waals surface area contributed by atoms with E-state index in [1.807, 2.05) is 0 Å². The molecule has 3 aromatic rings. The molecule has 0 saturated carbocycles. The molecular formula is C21H17F3N4O4. The quantitative estimate of drug-likeness (QED) is 0.647. The summed E-state index contributed by atoms with van der Waals surface area (Å²) >= 11 is 0. The fourth-order valence-corrected chi connectivity index (χ4v) is 3.62. The van der Waals surface area contributed by atoms with Gasteiger partial charge in [0.2, 0.25) is 12.7 Å². The Morgan fingerprint density at radius 3 is 2.56 bits per heavy atom. The number of aromatic nitrogens is 3. The maximum Gasteiger partial charge on any atom is 0.453 e. The number of allylic oxidation sites excluding steroid dienone is 1. The van der Waals surface area contributed by atoms with Crippen LogP contribution >= 0.6 is 0 Å². The summed E-state index contributed by atoms with van der Waals surface area (Å²) in [5.41, 5.74) is 1.88. The van der Waals surface area contributed by atoms with Crippen LogP contribution in [0.2, 0.25) is 0 Å². The van der Waals surface area contributed by atoms with E-state index in [2.05, 4.69) is 15.4 Å². The Hall–Kier alpha value is -3.89.